The van der Waals surface area contributed by atoms with Gasteiger partial charge in [0.05, 0.1) is 0 Å². The average Bonchev–Trinajstić information content (AvgIpc) is 2.50. The maximum atomic E-state index is 11.7. The van der Waals surface area contributed by atoms with Crippen LogP contribution in [0.5, 0.6) is 0 Å². The summed E-state index contributed by atoms with van der Waals surface area (Å²) in [6.07, 6.45) is 7.28. The fourth-order valence-corrected chi connectivity index (χ4v) is 2.57. The quantitative estimate of drug-likeness (QED) is 0.657. The average molecular weight is 297 g/mol. The molecule has 1 aliphatic carbocycles. The minimum absolute atomic E-state index is 0.0131. The van der Waals surface area contributed by atoms with Crippen molar-refractivity contribution in [1.29, 1.82) is 0 Å². The normalized spacial score (nSPS) is 25.6. The second-order valence-corrected chi connectivity index (χ2v) is 6.38. The van der Waals surface area contributed by atoms with Gasteiger partial charge in [0.2, 0.25) is 0 Å². The molecular formula is C15H21BrO. The largest absolute Gasteiger partial charge is 0.295 e. The van der Waals surface area contributed by atoms with E-state index in [1.54, 1.807) is 0 Å². The van der Waals surface area contributed by atoms with Gasteiger partial charge in [-0.3, -0.25) is 4.79 Å². The molecule has 2 heteroatoms. The Morgan fingerprint density at radius 2 is 2.24 bits per heavy atom. The summed E-state index contributed by atoms with van der Waals surface area (Å²) in [4.78, 5) is 11.7. The van der Waals surface area contributed by atoms with E-state index in [4.69, 9.17) is 0 Å². The Morgan fingerprint density at radius 1 is 1.59 bits per heavy atom. The molecule has 1 aliphatic rings. The van der Waals surface area contributed by atoms with Crippen molar-refractivity contribution in [1.82, 2.24) is 0 Å². The van der Waals surface area contributed by atoms with Gasteiger partial charge in [0.15, 0.2) is 5.78 Å². The third-order valence-corrected chi connectivity index (χ3v) is 4.21. The van der Waals surface area contributed by atoms with Crippen LogP contribution in [0.1, 0.15) is 46.5 Å². The molecule has 0 spiro atoms. The van der Waals surface area contributed by atoms with E-state index < -0.39 is 0 Å². The fourth-order valence-electron chi connectivity index (χ4n) is 2.43. The van der Waals surface area contributed by atoms with Gasteiger partial charge in [0.1, 0.15) is 0 Å². The lowest BCUT2D eigenvalue weighted by Crippen LogP contribution is -2.17. The number of rotatable bonds is 5. The van der Waals surface area contributed by atoms with Crippen LogP contribution >= 0.6 is 15.9 Å². The summed E-state index contributed by atoms with van der Waals surface area (Å²) in [6, 6.07) is 0. The Balaban J connectivity index is 2.87. The summed E-state index contributed by atoms with van der Waals surface area (Å²) in [6.45, 7) is 10.1. The lowest BCUT2D eigenvalue weighted by Gasteiger charge is -2.28. The molecule has 0 radical (unpaired) electrons. The summed E-state index contributed by atoms with van der Waals surface area (Å²) in [5.41, 5.74) is 2.63. The number of hydrogen-bond acceptors (Lipinski definition) is 1. The van der Waals surface area contributed by atoms with Crippen LogP contribution < -0.4 is 0 Å². The molecule has 0 saturated heterocycles. The lowest BCUT2D eigenvalue weighted by molar-refractivity contribution is -0.115. The first-order valence-corrected chi connectivity index (χ1v) is 6.85. The van der Waals surface area contributed by atoms with E-state index in [2.05, 4.69) is 43.3 Å². The number of ketones is 1. The monoisotopic (exact) mass is 296 g/mol. The van der Waals surface area contributed by atoms with Crippen molar-refractivity contribution < 1.29 is 4.79 Å². The number of carbonyl (C=O) groups excluding carboxylic acids is 1. The fraction of sp³-hybridized carbons (Fsp3) is 0.533. The number of halogens is 1. The third-order valence-electron chi connectivity index (χ3n) is 3.54. The molecule has 1 rings (SSSR count). The number of hydrogen-bond donors (Lipinski definition) is 0. The minimum atomic E-state index is 0.0131. The molecule has 0 fully saturated rings. The molecule has 1 nitrogen and oxygen atoms in total. The van der Waals surface area contributed by atoms with E-state index in [0.717, 1.165) is 19.3 Å². The van der Waals surface area contributed by atoms with Crippen molar-refractivity contribution in [3.63, 3.8) is 0 Å². The van der Waals surface area contributed by atoms with Crippen LogP contribution in [0, 0.1) is 5.41 Å². The van der Waals surface area contributed by atoms with Crippen LogP contribution in [-0.2, 0) is 4.79 Å². The summed E-state index contributed by atoms with van der Waals surface area (Å²) >= 11 is 3.52. The molecule has 0 aromatic rings. The molecular weight excluding hydrogens is 276 g/mol. The number of allylic oxidation sites excluding steroid dienone is 5. The van der Waals surface area contributed by atoms with E-state index in [9.17, 15) is 4.79 Å². The highest BCUT2D eigenvalue weighted by molar-refractivity contribution is 9.11. The van der Waals surface area contributed by atoms with Crippen molar-refractivity contribution >= 4 is 21.7 Å². The Morgan fingerprint density at radius 3 is 2.76 bits per heavy atom. The van der Waals surface area contributed by atoms with Crippen molar-refractivity contribution in [3.05, 3.63) is 34.4 Å². The predicted molar refractivity (Wildman–Crippen MR) is 77.2 cm³/mol. The zero-order valence-electron chi connectivity index (χ0n) is 11.0. The molecule has 0 saturated carbocycles. The predicted octanol–water partition coefficient (Wildman–Crippen LogP) is 4.94. The van der Waals surface area contributed by atoms with Gasteiger partial charge in [-0.05, 0) is 49.1 Å². The van der Waals surface area contributed by atoms with Crippen molar-refractivity contribution in [2.45, 2.75) is 46.5 Å². The van der Waals surface area contributed by atoms with E-state index in [1.807, 2.05) is 12.2 Å². The molecule has 0 aliphatic heterocycles. The van der Waals surface area contributed by atoms with Crippen LogP contribution in [0.3, 0.4) is 0 Å². The van der Waals surface area contributed by atoms with Crippen LogP contribution in [0.25, 0.3) is 0 Å². The summed E-state index contributed by atoms with van der Waals surface area (Å²) in [7, 11) is 0. The molecule has 17 heavy (non-hydrogen) atoms. The van der Waals surface area contributed by atoms with Gasteiger partial charge in [0, 0.05) is 6.42 Å². The van der Waals surface area contributed by atoms with E-state index >= 15 is 0 Å². The van der Waals surface area contributed by atoms with Gasteiger partial charge in [0.25, 0.3) is 0 Å². The second-order valence-electron chi connectivity index (χ2n) is 5.19. The molecule has 1 unspecified atom stereocenters. The first-order chi connectivity index (χ1) is 7.89. The van der Waals surface area contributed by atoms with Crippen LogP contribution in [-0.4, -0.2) is 5.78 Å². The smallest absolute Gasteiger partial charge is 0.156 e. The lowest BCUT2D eigenvalue weighted by atomic mass is 9.76. The van der Waals surface area contributed by atoms with Crippen LogP contribution in [0.15, 0.2) is 34.4 Å². The summed E-state index contributed by atoms with van der Waals surface area (Å²) < 4.78 is 1.18. The highest BCUT2D eigenvalue weighted by Gasteiger charge is 2.36. The van der Waals surface area contributed by atoms with Crippen LogP contribution in [0.2, 0.25) is 0 Å². The minimum Gasteiger partial charge on any atom is -0.295 e. The number of carbonyl (C=O) groups is 1. The SMILES string of the molecule is C=CCCC1=CC(=O)CC1(C)C/C(C)=C(\C)Br. The maximum absolute atomic E-state index is 11.7. The molecule has 0 N–H and O–H groups in total. The van der Waals surface area contributed by atoms with Gasteiger partial charge >= 0.3 is 0 Å². The van der Waals surface area contributed by atoms with E-state index in [0.29, 0.717) is 6.42 Å². The molecule has 0 bridgehead atoms. The van der Waals surface area contributed by atoms with Crippen molar-refractivity contribution in [2.24, 2.45) is 5.41 Å². The standard InChI is InChI=1S/C15H21BrO/c1-5-6-7-13-8-14(17)10-15(13,4)9-11(2)12(3)16/h5,8H,1,6-7,9-10H2,2-4H3/b12-11+. The second kappa shape index (κ2) is 5.81. The highest BCUT2D eigenvalue weighted by Crippen LogP contribution is 2.44. The van der Waals surface area contributed by atoms with Gasteiger partial charge in [-0.15, -0.1) is 6.58 Å². The van der Waals surface area contributed by atoms with Crippen molar-refractivity contribution in [3.8, 4) is 0 Å². The van der Waals surface area contributed by atoms with Gasteiger partial charge in [-0.1, -0.05) is 40.1 Å². The van der Waals surface area contributed by atoms with E-state index in [-0.39, 0.29) is 11.2 Å². The van der Waals surface area contributed by atoms with Gasteiger partial charge in [-0.25, -0.2) is 0 Å². The zero-order chi connectivity index (χ0) is 13.1. The Bertz CT molecular complexity index is 386. The molecule has 0 aromatic heterocycles. The topological polar surface area (TPSA) is 17.1 Å². The van der Waals surface area contributed by atoms with Gasteiger partial charge < -0.3 is 0 Å². The van der Waals surface area contributed by atoms with Gasteiger partial charge in [-0.2, -0.15) is 0 Å². The maximum Gasteiger partial charge on any atom is 0.156 e. The molecule has 0 heterocycles. The first kappa shape index (κ1) is 14.4. The van der Waals surface area contributed by atoms with Crippen LogP contribution in [0.4, 0.5) is 0 Å². The Labute approximate surface area is 113 Å². The van der Waals surface area contributed by atoms with E-state index in [1.165, 1.54) is 15.6 Å². The zero-order valence-corrected chi connectivity index (χ0v) is 12.6. The Kier molecular flexibility index (Phi) is 4.93. The molecule has 0 amide bonds. The summed E-state index contributed by atoms with van der Waals surface area (Å²) in [5, 5.41) is 0. The first-order valence-electron chi connectivity index (χ1n) is 6.05. The Hall–Kier alpha value is -0.630. The molecule has 94 valence electrons. The summed E-state index contributed by atoms with van der Waals surface area (Å²) in [5.74, 6) is 0.270. The molecule has 1 atom stereocenters. The highest BCUT2D eigenvalue weighted by atomic mass is 79.9. The molecule has 0 aromatic carbocycles. The third kappa shape index (κ3) is 3.67. The van der Waals surface area contributed by atoms with Crippen molar-refractivity contribution in [2.75, 3.05) is 0 Å².